The van der Waals surface area contributed by atoms with Gasteiger partial charge in [-0.3, -0.25) is 4.79 Å². The number of halogens is 1. The van der Waals surface area contributed by atoms with Crippen molar-refractivity contribution in [3.05, 3.63) is 28.8 Å². The van der Waals surface area contributed by atoms with E-state index in [4.69, 9.17) is 16.9 Å². The number of esters is 1. The molecule has 0 aliphatic heterocycles. The topological polar surface area (TPSA) is 87.5 Å². The molecule has 0 aromatic heterocycles. The van der Waals surface area contributed by atoms with Crippen LogP contribution in [0.5, 0.6) is 0 Å². The van der Waals surface area contributed by atoms with Crippen LogP contribution in [-0.2, 0) is 19.6 Å². The first-order valence-electron chi connectivity index (χ1n) is 6.64. The molecule has 0 amide bonds. The van der Waals surface area contributed by atoms with Gasteiger partial charge in [-0.05, 0) is 38.0 Å². The third-order valence-electron chi connectivity index (χ3n) is 3.46. The van der Waals surface area contributed by atoms with Gasteiger partial charge in [0, 0.05) is 6.04 Å². The zero-order valence-corrected chi connectivity index (χ0v) is 13.7. The lowest BCUT2D eigenvalue weighted by atomic mass is 10.2. The Morgan fingerprint density at radius 2 is 2.14 bits per heavy atom. The Morgan fingerprint density at radius 1 is 1.50 bits per heavy atom. The summed E-state index contributed by atoms with van der Waals surface area (Å²) in [6.45, 7) is 1.49. The van der Waals surface area contributed by atoms with E-state index < -0.39 is 22.0 Å². The number of carbonyl (C=O) groups is 1. The maximum atomic E-state index is 12.8. The Balaban J connectivity index is 2.46. The molecular formula is C14H15ClN2O4S. The standard InChI is InChI=1S/C14H15ClN2O4S/c1-9(14(18)21-2)17(11-3-4-11)22(19,20)12-5-6-13(15)10(7-12)8-16/h5-7,9,11H,3-4H2,1-2H3. The van der Waals surface area contributed by atoms with Gasteiger partial charge >= 0.3 is 5.97 Å². The van der Waals surface area contributed by atoms with E-state index in [9.17, 15) is 13.2 Å². The van der Waals surface area contributed by atoms with Crippen molar-refractivity contribution in [2.24, 2.45) is 0 Å². The highest BCUT2D eigenvalue weighted by Gasteiger charge is 2.44. The fourth-order valence-electron chi connectivity index (χ4n) is 2.20. The Morgan fingerprint density at radius 3 is 2.64 bits per heavy atom. The van der Waals surface area contributed by atoms with Crippen LogP contribution < -0.4 is 0 Å². The van der Waals surface area contributed by atoms with Crippen molar-refractivity contribution in [3.63, 3.8) is 0 Å². The summed E-state index contributed by atoms with van der Waals surface area (Å²) in [5.74, 6) is -0.620. The number of methoxy groups -OCH3 is 1. The third kappa shape index (κ3) is 3.09. The van der Waals surface area contributed by atoms with E-state index in [1.807, 2.05) is 6.07 Å². The van der Waals surface area contributed by atoms with E-state index in [0.717, 1.165) is 4.31 Å². The maximum absolute atomic E-state index is 12.8. The number of nitrogens with zero attached hydrogens (tertiary/aromatic N) is 2. The molecule has 0 N–H and O–H groups in total. The molecule has 2 rings (SSSR count). The lowest BCUT2D eigenvalue weighted by Crippen LogP contribution is -2.45. The predicted molar refractivity (Wildman–Crippen MR) is 79.7 cm³/mol. The molecule has 6 nitrogen and oxygen atoms in total. The van der Waals surface area contributed by atoms with Gasteiger partial charge in [-0.2, -0.15) is 9.57 Å². The second kappa shape index (κ2) is 6.24. The summed E-state index contributed by atoms with van der Waals surface area (Å²) in [6, 6.07) is 4.61. The Hall–Kier alpha value is -1.62. The van der Waals surface area contributed by atoms with Crippen LogP contribution in [0, 0.1) is 11.3 Å². The van der Waals surface area contributed by atoms with Crippen molar-refractivity contribution >= 4 is 27.6 Å². The van der Waals surface area contributed by atoms with E-state index in [0.29, 0.717) is 12.8 Å². The number of carbonyl (C=O) groups excluding carboxylic acids is 1. The molecule has 0 heterocycles. The van der Waals surface area contributed by atoms with Crippen LogP contribution in [0.2, 0.25) is 5.02 Å². The van der Waals surface area contributed by atoms with Gasteiger partial charge in [-0.15, -0.1) is 0 Å². The number of hydrogen-bond acceptors (Lipinski definition) is 5. The van der Waals surface area contributed by atoms with Gasteiger partial charge < -0.3 is 4.74 Å². The number of ether oxygens (including phenoxy) is 1. The summed E-state index contributed by atoms with van der Waals surface area (Å²) in [7, 11) is -2.70. The van der Waals surface area contributed by atoms with Crippen LogP contribution in [0.4, 0.5) is 0 Å². The zero-order valence-electron chi connectivity index (χ0n) is 12.1. The minimum atomic E-state index is -3.92. The molecule has 1 unspecified atom stereocenters. The summed E-state index contributed by atoms with van der Waals surface area (Å²) in [6.07, 6.45) is 1.39. The third-order valence-corrected chi connectivity index (χ3v) is 5.81. The van der Waals surface area contributed by atoms with Crippen LogP contribution >= 0.6 is 11.6 Å². The predicted octanol–water partition coefficient (Wildman–Crippen LogP) is 1.93. The largest absolute Gasteiger partial charge is 0.468 e. The average Bonchev–Trinajstić information content (AvgIpc) is 3.31. The molecule has 1 fully saturated rings. The molecular weight excluding hydrogens is 328 g/mol. The highest BCUT2D eigenvalue weighted by atomic mass is 35.5. The first kappa shape index (κ1) is 16.7. The molecule has 1 aromatic carbocycles. The van der Waals surface area contributed by atoms with Crippen molar-refractivity contribution in [2.75, 3.05) is 7.11 Å². The molecule has 0 saturated heterocycles. The normalized spacial score (nSPS) is 16.1. The van der Waals surface area contributed by atoms with E-state index in [1.165, 1.54) is 32.2 Å². The fourth-order valence-corrected chi connectivity index (χ4v) is 4.21. The van der Waals surface area contributed by atoms with Crippen LogP contribution in [0.25, 0.3) is 0 Å². The number of nitriles is 1. The number of rotatable bonds is 5. The summed E-state index contributed by atoms with van der Waals surface area (Å²) in [4.78, 5) is 11.7. The zero-order chi connectivity index (χ0) is 16.5. The van der Waals surface area contributed by atoms with Crippen molar-refractivity contribution in [1.82, 2.24) is 4.31 Å². The molecule has 0 radical (unpaired) electrons. The molecule has 0 spiro atoms. The van der Waals surface area contributed by atoms with Gasteiger partial charge in [-0.1, -0.05) is 11.6 Å². The lowest BCUT2D eigenvalue weighted by molar-refractivity contribution is -0.144. The van der Waals surface area contributed by atoms with Crippen LogP contribution in [-0.4, -0.2) is 37.9 Å². The molecule has 1 aliphatic carbocycles. The first-order chi connectivity index (χ1) is 10.3. The second-order valence-electron chi connectivity index (χ2n) is 5.02. The Labute approximate surface area is 134 Å². The second-order valence-corrected chi connectivity index (χ2v) is 7.27. The Bertz CT molecular complexity index is 738. The number of hydrogen-bond donors (Lipinski definition) is 0. The molecule has 0 bridgehead atoms. The molecule has 1 saturated carbocycles. The van der Waals surface area contributed by atoms with Gasteiger partial charge in [0.1, 0.15) is 12.1 Å². The highest BCUT2D eigenvalue weighted by Crippen LogP contribution is 2.35. The smallest absolute Gasteiger partial charge is 0.323 e. The van der Waals surface area contributed by atoms with Gasteiger partial charge in [0.2, 0.25) is 10.0 Å². The van der Waals surface area contributed by atoms with E-state index in [-0.39, 0.29) is 21.5 Å². The van der Waals surface area contributed by atoms with E-state index in [2.05, 4.69) is 4.74 Å². The van der Waals surface area contributed by atoms with E-state index >= 15 is 0 Å². The van der Waals surface area contributed by atoms with Crippen LogP contribution in [0.15, 0.2) is 23.1 Å². The van der Waals surface area contributed by atoms with Gasteiger partial charge in [0.15, 0.2) is 0 Å². The molecule has 1 aromatic rings. The Kier molecular flexibility index (Phi) is 4.75. The van der Waals surface area contributed by atoms with Crippen LogP contribution in [0.3, 0.4) is 0 Å². The monoisotopic (exact) mass is 342 g/mol. The number of sulfonamides is 1. The summed E-state index contributed by atoms with van der Waals surface area (Å²) in [5, 5.41) is 9.17. The summed E-state index contributed by atoms with van der Waals surface area (Å²) in [5.41, 5.74) is 0.0733. The van der Waals surface area contributed by atoms with Gasteiger partial charge in [-0.25, -0.2) is 8.42 Å². The van der Waals surface area contributed by atoms with Crippen molar-refractivity contribution < 1.29 is 17.9 Å². The average molecular weight is 343 g/mol. The summed E-state index contributed by atoms with van der Waals surface area (Å²) < 4.78 is 31.4. The summed E-state index contributed by atoms with van der Waals surface area (Å²) >= 11 is 5.83. The fraction of sp³-hybridized carbons (Fsp3) is 0.429. The first-order valence-corrected chi connectivity index (χ1v) is 8.45. The SMILES string of the molecule is COC(=O)C(C)N(C1CC1)S(=O)(=O)c1ccc(Cl)c(C#N)c1. The van der Waals surface area contributed by atoms with Crippen molar-refractivity contribution in [3.8, 4) is 6.07 Å². The highest BCUT2D eigenvalue weighted by molar-refractivity contribution is 7.89. The van der Waals surface area contributed by atoms with Gasteiger partial charge in [0.25, 0.3) is 0 Å². The number of benzene rings is 1. The molecule has 22 heavy (non-hydrogen) atoms. The lowest BCUT2D eigenvalue weighted by Gasteiger charge is -2.26. The van der Waals surface area contributed by atoms with Gasteiger partial charge in [0.05, 0.1) is 22.6 Å². The van der Waals surface area contributed by atoms with Crippen molar-refractivity contribution in [1.29, 1.82) is 5.26 Å². The maximum Gasteiger partial charge on any atom is 0.323 e. The minimum Gasteiger partial charge on any atom is -0.468 e. The molecule has 1 aliphatic rings. The van der Waals surface area contributed by atoms with Crippen molar-refractivity contribution in [2.45, 2.75) is 36.7 Å². The molecule has 8 heteroatoms. The molecule has 118 valence electrons. The minimum absolute atomic E-state index is 0.0592. The molecule has 1 atom stereocenters. The van der Waals surface area contributed by atoms with Crippen LogP contribution in [0.1, 0.15) is 25.3 Å². The van der Waals surface area contributed by atoms with E-state index in [1.54, 1.807) is 0 Å². The quantitative estimate of drug-likeness (QED) is 0.763.